The minimum Gasteiger partial charge on any atom is -1.00 e. The van der Waals surface area contributed by atoms with Gasteiger partial charge < -0.3 is 37.0 Å². The van der Waals surface area contributed by atoms with Crippen LogP contribution in [-0.4, -0.2) is 0 Å². The van der Waals surface area contributed by atoms with Crippen LogP contribution < -0.4 is 37.0 Å². The third-order valence-corrected chi connectivity index (χ3v) is 0. The average molecular weight is 210 g/mol. The predicted molar refractivity (Wildman–Crippen MR) is 20.1 cm³/mol. The Morgan fingerprint density at radius 3 is 0.500 bits per heavy atom. The molecular formula is H12ClN4Pd+. The topological polar surface area (TPSA) is 140 Å². The van der Waals surface area contributed by atoms with Gasteiger partial charge in [0, 0.05) is 0 Å². The zero-order valence-corrected chi connectivity index (χ0v) is 5.83. The molecule has 0 radical (unpaired) electrons. The van der Waals surface area contributed by atoms with Crippen LogP contribution in [0.15, 0.2) is 0 Å². The van der Waals surface area contributed by atoms with Crippen LogP contribution in [0.3, 0.4) is 0 Å². The van der Waals surface area contributed by atoms with Gasteiger partial charge in [-0.3, -0.25) is 0 Å². The van der Waals surface area contributed by atoms with Gasteiger partial charge in [-0.05, 0) is 0 Å². The molecule has 0 spiro atoms. The van der Waals surface area contributed by atoms with Crippen LogP contribution in [0.2, 0.25) is 0 Å². The number of rotatable bonds is 0. The molecule has 0 amide bonds. The van der Waals surface area contributed by atoms with Crippen molar-refractivity contribution in [3.05, 3.63) is 0 Å². The second kappa shape index (κ2) is 212. The maximum Gasteiger partial charge on any atom is 2.00 e. The third kappa shape index (κ3) is 110. The molecule has 0 unspecified atom stereocenters. The number of halogens is 1. The van der Waals surface area contributed by atoms with Crippen molar-refractivity contribution in [1.29, 1.82) is 0 Å². The van der Waals surface area contributed by atoms with Crippen molar-refractivity contribution in [3.63, 3.8) is 0 Å². The normalized spacial score (nSPS) is 0. The van der Waals surface area contributed by atoms with Gasteiger partial charge in [-0.15, -0.1) is 0 Å². The standard InChI is InChI=1S/ClH.4H3N.Pd/h1H;4*1H3;/q;;;;;+2/p-1. The Morgan fingerprint density at radius 1 is 0.500 bits per heavy atom. The van der Waals surface area contributed by atoms with Crippen molar-refractivity contribution in [2.45, 2.75) is 0 Å². The molecule has 0 aromatic carbocycles. The van der Waals surface area contributed by atoms with E-state index in [1.807, 2.05) is 0 Å². The minimum atomic E-state index is 0. The van der Waals surface area contributed by atoms with E-state index < -0.39 is 0 Å². The Morgan fingerprint density at radius 2 is 0.500 bits per heavy atom. The summed E-state index contributed by atoms with van der Waals surface area (Å²) in [4.78, 5) is 0. The van der Waals surface area contributed by atoms with E-state index in [1.54, 1.807) is 0 Å². The average Bonchev–Trinajstić information content (AvgIpc) is 0. The molecule has 0 atom stereocenters. The predicted octanol–water partition coefficient (Wildman–Crippen LogP) is -2.35. The van der Waals surface area contributed by atoms with E-state index in [-0.39, 0.29) is 57.4 Å². The van der Waals surface area contributed by atoms with Gasteiger partial charge in [0.05, 0.1) is 0 Å². The van der Waals surface area contributed by atoms with E-state index in [4.69, 9.17) is 0 Å². The molecule has 48 valence electrons. The van der Waals surface area contributed by atoms with Gasteiger partial charge in [-0.25, -0.2) is 0 Å². The summed E-state index contributed by atoms with van der Waals surface area (Å²) in [5, 5.41) is 0. The fourth-order valence-electron chi connectivity index (χ4n) is 0. The first-order valence-corrected chi connectivity index (χ1v) is 0. The largest absolute Gasteiger partial charge is 2.00 e. The van der Waals surface area contributed by atoms with E-state index in [2.05, 4.69) is 0 Å². The Kier molecular flexibility index (Phi) is 12800. The Labute approximate surface area is 57.8 Å². The van der Waals surface area contributed by atoms with Gasteiger partial charge in [0.1, 0.15) is 0 Å². The van der Waals surface area contributed by atoms with Crippen LogP contribution in [0.25, 0.3) is 0 Å². The van der Waals surface area contributed by atoms with E-state index >= 15 is 0 Å². The first-order valence-electron chi connectivity index (χ1n) is 0. The van der Waals surface area contributed by atoms with Crippen molar-refractivity contribution in [2.24, 2.45) is 0 Å². The fourth-order valence-corrected chi connectivity index (χ4v) is 0. The third-order valence-electron chi connectivity index (χ3n) is 0. The van der Waals surface area contributed by atoms with Crippen LogP contribution in [0, 0.1) is 0 Å². The maximum absolute atomic E-state index is 0. The van der Waals surface area contributed by atoms with Gasteiger partial charge >= 0.3 is 20.4 Å². The first kappa shape index (κ1) is 363. The number of hydrogen-bond acceptors (Lipinski definition) is 4. The van der Waals surface area contributed by atoms with Crippen molar-refractivity contribution >= 4 is 0 Å². The van der Waals surface area contributed by atoms with E-state index in [0.29, 0.717) is 0 Å². The monoisotopic (exact) mass is 209 g/mol. The summed E-state index contributed by atoms with van der Waals surface area (Å²) in [5.74, 6) is 0. The molecular weight excluding hydrogens is 198 g/mol. The molecule has 6 heteroatoms. The minimum absolute atomic E-state index is 0. The fraction of sp³-hybridized carbons (Fsp3) is 0. The van der Waals surface area contributed by atoms with Crippen molar-refractivity contribution in [1.82, 2.24) is 24.6 Å². The smallest absolute Gasteiger partial charge is 1.00 e. The molecule has 0 aromatic rings. The number of hydrogen-bond donors (Lipinski definition) is 4. The van der Waals surface area contributed by atoms with E-state index in [0.717, 1.165) is 0 Å². The molecule has 0 aliphatic heterocycles. The summed E-state index contributed by atoms with van der Waals surface area (Å²) >= 11 is 0. The Hall–Kier alpha value is 0.792. The van der Waals surface area contributed by atoms with Crippen LogP contribution in [0.4, 0.5) is 0 Å². The summed E-state index contributed by atoms with van der Waals surface area (Å²) in [6, 6.07) is 0. The first-order chi connectivity index (χ1) is 0. The quantitative estimate of drug-likeness (QED) is 0.332. The van der Waals surface area contributed by atoms with E-state index in [9.17, 15) is 0 Å². The second-order valence-corrected chi connectivity index (χ2v) is 0. The van der Waals surface area contributed by atoms with Gasteiger partial charge in [-0.1, -0.05) is 0 Å². The van der Waals surface area contributed by atoms with Crippen molar-refractivity contribution in [2.75, 3.05) is 0 Å². The molecule has 0 fully saturated rings. The summed E-state index contributed by atoms with van der Waals surface area (Å²) in [5.41, 5.74) is 0. The van der Waals surface area contributed by atoms with Crippen LogP contribution in [0.1, 0.15) is 0 Å². The van der Waals surface area contributed by atoms with E-state index in [1.165, 1.54) is 0 Å². The van der Waals surface area contributed by atoms with Crippen LogP contribution >= 0.6 is 0 Å². The molecule has 12 N–H and O–H groups in total. The maximum atomic E-state index is 0. The van der Waals surface area contributed by atoms with Gasteiger partial charge in [-0.2, -0.15) is 0 Å². The molecule has 4 nitrogen and oxygen atoms in total. The molecule has 6 heavy (non-hydrogen) atoms. The molecule has 0 bridgehead atoms. The summed E-state index contributed by atoms with van der Waals surface area (Å²) in [6.07, 6.45) is 0. The Balaban J connectivity index is 0. The van der Waals surface area contributed by atoms with Gasteiger partial charge in [0.2, 0.25) is 0 Å². The zero-order chi connectivity index (χ0) is 0. The molecule has 0 saturated carbocycles. The summed E-state index contributed by atoms with van der Waals surface area (Å²) in [6.45, 7) is 0. The Bertz CT molecular complexity index is 7.51. The zero-order valence-electron chi connectivity index (χ0n) is 3.52. The van der Waals surface area contributed by atoms with Crippen molar-refractivity contribution < 1.29 is 32.8 Å². The van der Waals surface area contributed by atoms with Crippen LogP contribution in [0.5, 0.6) is 0 Å². The summed E-state index contributed by atoms with van der Waals surface area (Å²) < 4.78 is 0. The molecule has 0 aliphatic carbocycles. The molecule has 0 aliphatic rings. The second-order valence-electron chi connectivity index (χ2n) is 0. The van der Waals surface area contributed by atoms with Crippen LogP contribution in [-0.2, 0) is 20.4 Å². The van der Waals surface area contributed by atoms with Gasteiger partial charge in [0.25, 0.3) is 0 Å². The molecule has 0 heterocycles. The molecule has 0 saturated heterocycles. The molecule has 0 aromatic heterocycles. The molecule has 0 rings (SSSR count). The summed E-state index contributed by atoms with van der Waals surface area (Å²) in [7, 11) is 0. The SMILES string of the molecule is N.N.N.N.[Cl-].[Pd+2]. The van der Waals surface area contributed by atoms with Crippen molar-refractivity contribution in [3.8, 4) is 0 Å². The van der Waals surface area contributed by atoms with Gasteiger partial charge in [0.15, 0.2) is 0 Å².